The lowest BCUT2D eigenvalue weighted by atomic mass is 10.2. The Kier molecular flexibility index (Phi) is 6.12. The van der Waals surface area contributed by atoms with Crippen molar-refractivity contribution in [3.05, 3.63) is 35.2 Å². The Balaban J connectivity index is 1.75. The number of thioether (sulfide) groups is 1. The first-order valence-electron chi connectivity index (χ1n) is 8.42. The van der Waals surface area contributed by atoms with Gasteiger partial charge in [-0.25, -0.2) is 19.6 Å². The second kappa shape index (κ2) is 8.53. The minimum absolute atomic E-state index is 0.182. The summed E-state index contributed by atoms with van der Waals surface area (Å²) in [6.45, 7) is 4.96. The summed E-state index contributed by atoms with van der Waals surface area (Å²) in [6.07, 6.45) is 5.21. The maximum Gasteiger partial charge on any atom is 0.254 e. The molecule has 0 aromatic carbocycles. The molecular formula is C17H20ClN7OS. The Morgan fingerprint density at radius 2 is 2.19 bits per heavy atom. The highest BCUT2D eigenvalue weighted by Crippen LogP contribution is 2.23. The number of nitrogens with zero attached hydrogens (tertiary/aromatic N) is 5. The normalized spacial score (nSPS) is 11.1. The number of nitrogens with one attached hydrogen (secondary N) is 2. The first-order chi connectivity index (χ1) is 13.0. The van der Waals surface area contributed by atoms with E-state index in [-0.39, 0.29) is 17.1 Å². The summed E-state index contributed by atoms with van der Waals surface area (Å²) >= 11 is 7.42. The first-order valence-corrected chi connectivity index (χ1v) is 10.0. The van der Waals surface area contributed by atoms with Gasteiger partial charge in [0.2, 0.25) is 0 Å². The van der Waals surface area contributed by atoms with E-state index in [1.54, 1.807) is 29.2 Å². The Labute approximate surface area is 166 Å². The third-order valence-electron chi connectivity index (χ3n) is 3.70. The zero-order chi connectivity index (χ0) is 19.4. The van der Waals surface area contributed by atoms with Crippen LogP contribution >= 0.6 is 23.4 Å². The number of hydrogen-bond donors (Lipinski definition) is 2. The fraction of sp³-hybridized carbons (Fsp3) is 0.353. The van der Waals surface area contributed by atoms with Gasteiger partial charge in [-0.1, -0.05) is 23.4 Å². The zero-order valence-electron chi connectivity index (χ0n) is 15.2. The Morgan fingerprint density at radius 1 is 1.37 bits per heavy atom. The summed E-state index contributed by atoms with van der Waals surface area (Å²) < 4.78 is 1.76. The predicted molar refractivity (Wildman–Crippen MR) is 107 cm³/mol. The number of amides is 1. The predicted octanol–water partition coefficient (Wildman–Crippen LogP) is 2.85. The van der Waals surface area contributed by atoms with Crippen LogP contribution in [0.1, 0.15) is 24.2 Å². The largest absolute Gasteiger partial charge is 0.367 e. The third kappa shape index (κ3) is 4.48. The zero-order valence-corrected chi connectivity index (χ0v) is 16.8. The van der Waals surface area contributed by atoms with Crippen LogP contribution in [0.15, 0.2) is 29.7 Å². The van der Waals surface area contributed by atoms with Crippen molar-refractivity contribution >= 4 is 46.1 Å². The fourth-order valence-electron chi connectivity index (χ4n) is 2.50. The molecule has 0 radical (unpaired) electrons. The minimum Gasteiger partial charge on any atom is -0.367 e. The number of hydrogen-bond acceptors (Lipinski definition) is 7. The monoisotopic (exact) mass is 405 g/mol. The van der Waals surface area contributed by atoms with Crippen molar-refractivity contribution in [3.63, 3.8) is 0 Å². The number of pyridine rings is 1. The van der Waals surface area contributed by atoms with Gasteiger partial charge in [0.15, 0.2) is 10.8 Å². The van der Waals surface area contributed by atoms with E-state index in [1.165, 1.54) is 11.8 Å². The lowest BCUT2D eigenvalue weighted by Gasteiger charge is -2.11. The van der Waals surface area contributed by atoms with E-state index in [0.29, 0.717) is 23.8 Å². The van der Waals surface area contributed by atoms with Crippen LogP contribution in [0.25, 0.3) is 11.0 Å². The van der Waals surface area contributed by atoms with Crippen LogP contribution in [0, 0.1) is 0 Å². The molecule has 0 unspecified atom stereocenters. The number of rotatable bonds is 7. The molecule has 0 bridgehead atoms. The van der Waals surface area contributed by atoms with Crippen LogP contribution in [0.4, 0.5) is 5.82 Å². The van der Waals surface area contributed by atoms with Crippen molar-refractivity contribution in [1.29, 1.82) is 0 Å². The summed E-state index contributed by atoms with van der Waals surface area (Å²) in [5, 5.41) is 12.3. The third-order valence-corrected chi connectivity index (χ3v) is 4.55. The molecule has 27 heavy (non-hydrogen) atoms. The highest BCUT2D eigenvalue weighted by atomic mass is 35.5. The van der Waals surface area contributed by atoms with Crippen LogP contribution < -0.4 is 10.6 Å². The SMILES string of the molecule is CSc1nc(NC(C)C)c2cnn(CCNC(=O)c3cccnc3Cl)c2n1. The van der Waals surface area contributed by atoms with Gasteiger partial charge in [0.25, 0.3) is 5.91 Å². The Hall–Kier alpha value is -2.39. The first kappa shape index (κ1) is 19.4. The number of carbonyl (C=O) groups excluding carboxylic acids is 1. The number of carbonyl (C=O) groups is 1. The van der Waals surface area contributed by atoms with Crippen LogP contribution in [0.3, 0.4) is 0 Å². The molecule has 3 heterocycles. The van der Waals surface area contributed by atoms with Crippen molar-refractivity contribution in [2.24, 2.45) is 0 Å². The molecule has 2 N–H and O–H groups in total. The van der Waals surface area contributed by atoms with Gasteiger partial charge < -0.3 is 10.6 Å². The molecule has 1 amide bonds. The van der Waals surface area contributed by atoms with Crippen molar-refractivity contribution in [3.8, 4) is 0 Å². The van der Waals surface area contributed by atoms with Crippen LogP contribution in [0.2, 0.25) is 5.15 Å². The minimum atomic E-state index is -0.272. The number of aromatic nitrogens is 5. The molecule has 10 heteroatoms. The molecule has 0 aliphatic heterocycles. The lowest BCUT2D eigenvalue weighted by Crippen LogP contribution is -2.28. The molecular weight excluding hydrogens is 386 g/mol. The molecule has 3 aromatic rings. The van der Waals surface area contributed by atoms with Gasteiger partial charge >= 0.3 is 0 Å². The van der Waals surface area contributed by atoms with Crippen molar-refractivity contribution in [2.45, 2.75) is 31.6 Å². The molecule has 0 saturated carbocycles. The average molecular weight is 406 g/mol. The molecule has 0 spiro atoms. The van der Waals surface area contributed by atoms with Crippen LogP contribution in [-0.2, 0) is 6.54 Å². The van der Waals surface area contributed by atoms with E-state index in [4.69, 9.17) is 11.6 Å². The molecule has 0 atom stereocenters. The van der Waals surface area contributed by atoms with Gasteiger partial charge in [0.05, 0.1) is 23.7 Å². The highest BCUT2D eigenvalue weighted by molar-refractivity contribution is 7.98. The molecule has 8 nitrogen and oxygen atoms in total. The summed E-state index contributed by atoms with van der Waals surface area (Å²) in [7, 11) is 0. The van der Waals surface area contributed by atoms with Crippen LogP contribution in [0.5, 0.6) is 0 Å². The van der Waals surface area contributed by atoms with Gasteiger partial charge in [-0.15, -0.1) is 0 Å². The van der Waals surface area contributed by atoms with E-state index >= 15 is 0 Å². The number of anilines is 1. The van der Waals surface area contributed by atoms with Crippen molar-refractivity contribution < 1.29 is 4.79 Å². The molecule has 0 fully saturated rings. The topological polar surface area (TPSA) is 97.6 Å². The molecule has 3 rings (SSSR count). The van der Waals surface area contributed by atoms with E-state index in [1.807, 2.05) is 6.26 Å². The van der Waals surface area contributed by atoms with Gasteiger partial charge in [-0.3, -0.25) is 4.79 Å². The number of halogens is 1. The summed E-state index contributed by atoms with van der Waals surface area (Å²) in [5.74, 6) is 0.489. The lowest BCUT2D eigenvalue weighted by molar-refractivity contribution is 0.0952. The van der Waals surface area contributed by atoms with E-state index in [0.717, 1.165) is 16.9 Å². The smallest absolute Gasteiger partial charge is 0.254 e. The standard InChI is InChI=1S/C17H20ClN7OS/c1-10(2)22-14-12-9-21-25(15(12)24-17(23-14)27-3)8-7-20-16(26)11-5-4-6-19-13(11)18/h4-6,9-10H,7-8H2,1-3H3,(H,20,26)(H,22,23,24). The quantitative estimate of drug-likeness (QED) is 0.354. The Bertz CT molecular complexity index is 960. The maximum atomic E-state index is 12.2. The van der Waals surface area contributed by atoms with Crippen molar-refractivity contribution in [2.75, 3.05) is 18.1 Å². The summed E-state index contributed by atoms with van der Waals surface area (Å²) in [6, 6.07) is 3.55. The average Bonchev–Trinajstić information content (AvgIpc) is 3.04. The van der Waals surface area contributed by atoms with Gasteiger partial charge in [0.1, 0.15) is 11.0 Å². The maximum absolute atomic E-state index is 12.2. The van der Waals surface area contributed by atoms with Crippen LogP contribution in [-0.4, -0.2) is 49.5 Å². The van der Waals surface area contributed by atoms with Gasteiger partial charge in [-0.05, 0) is 32.2 Å². The fourth-order valence-corrected chi connectivity index (χ4v) is 3.07. The van der Waals surface area contributed by atoms with Gasteiger partial charge in [0, 0.05) is 18.8 Å². The van der Waals surface area contributed by atoms with Crippen molar-refractivity contribution in [1.82, 2.24) is 30.0 Å². The number of fused-ring (bicyclic) bond motifs is 1. The molecule has 3 aromatic heterocycles. The molecule has 0 aliphatic carbocycles. The Morgan fingerprint density at radius 3 is 2.89 bits per heavy atom. The van der Waals surface area contributed by atoms with E-state index < -0.39 is 0 Å². The highest BCUT2D eigenvalue weighted by Gasteiger charge is 2.14. The van der Waals surface area contributed by atoms with E-state index in [2.05, 4.69) is 44.5 Å². The summed E-state index contributed by atoms with van der Waals surface area (Å²) in [5.41, 5.74) is 1.08. The molecule has 0 aliphatic rings. The summed E-state index contributed by atoms with van der Waals surface area (Å²) in [4.78, 5) is 25.2. The van der Waals surface area contributed by atoms with Gasteiger partial charge in [-0.2, -0.15) is 5.10 Å². The molecule has 0 saturated heterocycles. The second-order valence-electron chi connectivity index (χ2n) is 6.06. The van der Waals surface area contributed by atoms with E-state index in [9.17, 15) is 4.79 Å². The second-order valence-corrected chi connectivity index (χ2v) is 7.19. The molecule has 142 valence electrons.